The third-order valence-electron chi connectivity index (χ3n) is 7.17. The molecule has 5 heteroatoms. The summed E-state index contributed by atoms with van der Waals surface area (Å²) in [5, 5.41) is 0. The first kappa shape index (κ1) is 21.4. The highest BCUT2D eigenvalue weighted by Crippen LogP contribution is 2.55. The van der Waals surface area contributed by atoms with Crippen molar-refractivity contribution in [1.29, 1.82) is 0 Å². The van der Waals surface area contributed by atoms with Gasteiger partial charge in [-0.15, -0.1) is 0 Å². The molecule has 0 saturated heterocycles. The van der Waals surface area contributed by atoms with Crippen molar-refractivity contribution < 1.29 is 4.74 Å². The molecule has 0 saturated carbocycles. The van der Waals surface area contributed by atoms with Crippen LogP contribution in [0.3, 0.4) is 0 Å². The largest absolute Gasteiger partial charge is 0.463 e. The van der Waals surface area contributed by atoms with E-state index in [0.717, 1.165) is 33.8 Å². The van der Waals surface area contributed by atoms with E-state index in [-0.39, 0.29) is 5.41 Å². The van der Waals surface area contributed by atoms with Gasteiger partial charge in [0.1, 0.15) is 5.75 Å². The van der Waals surface area contributed by atoms with Gasteiger partial charge in [0.15, 0.2) is 0 Å². The number of hydrogen-bond donors (Lipinski definition) is 0. The van der Waals surface area contributed by atoms with Gasteiger partial charge < -0.3 is 9.64 Å². The molecule has 1 spiro atoms. The van der Waals surface area contributed by atoms with Crippen LogP contribution < -0.4 is 9.64 Å². The normalized spacial score (nSPS) is 19.6. The Morgan fingerprint density at radius 2 is 1.68 bits per heavy atom. The standard InChI is InChI=1S/C29H24IN3O/c1-28(2)23-17-19(20-12-15-32-25(18-20)24-6-4-5-14-31-24)7-9-26(23)33(3)29(28)13-11-21-16-22(30)8-10-27(21)34-29/h4-18H,1-3H3. The number of pyridine rings is 2. The van der Waals surface area contributed by atoms with E-state index in [1.807, 2.05) is 24.4 Å². The molecular formula is C29H24IN3O. The first-order valence-corrected chi connectivity index (χ1v) is 12.4. The summed E-state index contributed by atoms with van der Waals surface area (Å²) in [6, 6.07) is 23.1. The zero-order valence-corrected chi connectivity index (χ0v) is 21.4. The van der Waals surface area contributed by atoms with E-state index in [1.54, 1.807) is 6.20 Å². The van der Waals surface area contributed by atoms with E-state index >= 15 is 0 Å². The van der Waals surface area contributed by atoms with Crippen LogP contribution in [-0.2, 0) is 5.41 Å². The number of likely N-dealkylation sites (N-methyl/N-ethyl adjacent to an activating group) is 1. The molecule has 0 N–H and O–H groups in total. The maximum atomic E-state index is 6.79. The third-order valence-corrected chi connectivity index (χ3v) is 7.84. The molecule has 0 amide bonds. The quantitative estimate of drug-likeness (QED) is 0.250. The number of halogens is 1. The predicted octanol–water partition coefficient (Wildman–Crippen LogP) is 6.94. The molecule has 2 aliphatic heterocycles. The molecule has 0 radical (unpaired) electrons. The fraction of sp³-hybridized carbons (Fsp3) is 0.172. The summed E-state index contributed by atoms with van der Waals surface area (Å²) in [4.78, 5) is 11.3. The van der Waals surface area contributed by atoms with Crippen LogP contribution in [0.4, 0.5) is 5.69 Å². The lowest BCUT2D eigenvalue weighted by atomic mass is 9.76. The molecule has 0 fully saturated rings. The van der Waals surface area contributed by atoms with Gasteiger partial charge in [-0.1, -0.05) is 12.1 Å². The molecule has 0 aliphatic carbocycles. The minimum absolute atomic E-state index is 0.277. The topological polar surface area (TPSA) is 38.2 Å². The Bertz CT molecular complexity index is 1450. The average Bonchev–Trinajstić information content (AvgIpc) is 3.02. The van der Waals surface area contributed by atoms with Crippen molar-refractivity contribution in [2.45, 2.75) is 25.0 Å². The molecule has 1 atom stereocenters. The fourth-order valence-electron chi connectivity index (χ4n) is 5.23. The van der Waals surface area contributed by atoms with Crippen LogP contribution in [0.15, 0.2) is 85.2 Å². The summed E-state index contributed by atoms with van der Waals surface area (Å²) in [6.45, 7) is 4.54. The molecule has 2 aromatic carbocycles. The molecule has 34 heavy (non-hydrogen) atoms. The van der Waals surface area contributed by atoms with Crippen LogP contribution in [0.2, 0.25) is 0 Å². The average molecular weight is 557 g/mol. The number of hydrogen-bond acceptors (Lipinski definition) is 4. The van der Waals surface area contributed by atoms with Crippen LogP contribution in [0.1, 0.15) is 25.0 Å². The Labute approximate surface area is 213 Å². The third kappa shape index (κ3) is 3.10. The second-order valence-corrected chi connectivity index (χ2v) is 10.6. The smallest absolute Gasteiger partial charge is 0.211 e. The zero-order valence-electron chi connectivity index (χ0n) is 19.3. The number of benzene rings is 2. The summed E-state index contributed by atoms with van der Waals surface area (Å²) < 4.78 is 7.99. The summed E-state index contributed by atoms with van der Waals surface area (Å²) in [5.41, 5.74) is 6.73. The van der Waals surface area contributed by atoms with Gasteiger partial charge in [0.25, 0.3) is 0 Å². The van der Waals surface area contributed by atoms with Crippen molar-refractivity contribution in [3.63, 3.8) is 0 Å². The Hall–Kier alpha value is -3.19. The van der Waals surface area contributed by atoms with Crippen molar-refractivity contribution in [3.8, 4) is 28.3 Å². The molecule has 6 rings (SSSR count). The van der Waals surface area contributed by atoms with Gasteiger partial charge in [0.05, 0.1) is 16.8 Å². The van der Waals surface area contributed by atoms with Crippen molar-refractivity contribution in [2.24, 2.45) is 0 Å². The predicted molar refractivity (Wildman–Crippen MR) is 146 cm³/mol. The molecule has 0 bridgehead atoms. The van der Waals surface area contributed by atoms with Crippen LogP contribution in [0.25, 0.3) is 28.6 Å². The van der Waals surface area contributed by atoms with Crippen LogP contribution in [0.5, 0.6) is 5.75 Å². The maximum Gasteiger partial charge on any atom is 0.211 e. The Morgan fingerprint density at radius 1 is 0.853 bits per heavy atom. The first-order valence-electron chi connectivity index (χ1n) is 11.3. The summed E-state index contributed by atoms with van der Waals surface area (Å²) >= 11 is 2.34. The first-order chi connectivity index (χ1) is 16.4. The van der Waals surface area contributed by atoms with Gasteiger partial charge in [-0.2, -0.15) is 0 Å². The fourth-order valence-corrected chi connectivity index (χ4v) is 5.74. The van der Waals surface area contributed by atoms with E-state index in [9.17, 15) is 0 Å². The van der Waals surface area contributed by atoms with Gasteiger partial charge >= 0.3 is 0 Å². The lowest BCUT2D eigenvalue weighted by Crippen LogP contribution is -2.58. The molecule has 4 heterocycles. The second-order valence-electron chi connectivity index (χ2n) is 9.37. The van der Waals surface area contributed by atoms with Crippen molar-refractivity contribution in [3.05, 3.63) is 99.9 Å². The highest BCUT2D eigenvalue weighted by molar-refractivity contribution is 14.1. The van der Waals surface area contributed by atoms with Crippen LogP contribution in [-0.4, -0.2) is 22.7 Å². The monoisotopic (exact) mass is 557 g/mol. The molecule has 168 valence electrons. The molecule has 4 aromatic rings. The highest BCUT2D eigenvalue weighted by atomic mass is 127. The maximum absolute atomic E-state index is 6.79. The second kappa shape index (κ2) is 7.67. The Balaban J connectivity index is 1.42. The number of fused-ring (bicyclic) bond motifs is 2. The van der Waals surface area contributed by atoms with Crippen molar-refractivity contribution in [1.82, 2.24) is 9.97 Å². The zero-order chi connectivity index (χ0) is 23.5. The van der Waals surface area contributed by atoms with E-state index < -0.39 is 5.72 Å². The summed E-state index contributed by atoms with van der Waals surface area (Å²) in [6.07, 6.45) is 8.08. The number of nitrogens with zero attached hydrogens (tertiary/aromatic N) is 3. The lowest BCUT2D eigenvalue weighted by molar-refractivity contribution is 0.0582. The lowest BCUT2D eigenvalue weighted by Gasteiger charge is -2.45. The Kier molecular flexibility index (Phi) is 4.81. The minimum Gasteiger partial charge on any atom is -0.463 e. The van der Waals surface area contributed by atoms with E-state index in [2.05, 4.69) is 119 Å². The van der Waals surface area contributed by atoms with Gasteiger partial charge in [0.2, 0.25) is 5.72 Å². The number of ether oxygens (including phenoxy) is 1. The molecule has 1 unspecified atom stereocenters. The highest BCUT2D eigenvalue weighted by Gasteiger charge is 2.57. The van der Waals surface area contributed by atoms with Gasteiger partial charge in [-0.05, 0) is 120 Å². The van der Waals surface area contributed by atoms with Crippen molar-refractivity contribution in [2.75, 3.05) is 11.9 Å². The number of aromatic nitrogens is 2. The summed E-state index contributed by atoms with van der Waals surface area (Å²) in [7, 11) is 2.13. The van der Waals surface area contributed by atoms with E-state index in [0.29, 0.717) is 0 Å². The Morgan fingerprint density at radius 3 is 2.50 bits per heavy atom. The van der Waals surface area contributed by atoms with E-state index in [4.69, 9.17) is 4.74 Å². The SMILES string of the molecule is CN1c2ccc(-c3ccnc(-c4ccccn4)c3)cc2C(C)(C)C12C=Cc1cc(I)ccc1O2. The molecular weight excluding hydrogens is 533 g/mol. The van der Waals surface area contributed by atoms with Crippen LogP contribution in [0, 0.1) is 3.57 Å². The van der Waals surface area contributed by atoms with E-state index in [1.165, 1.54) is 14.8 Å². The van der Waals surface area contributed by atoms with Crippen LogP contribution >= 0.6 is 22.6 Å². The number of rotatable bonds is 2. The minimum atomic E-state index is -0.592. The van der Waals surface area contributed by atoms with Gasteiger partial charge in [-0.3, -0.25) is 9.97 Å². The molecule has 2 aromatic heterocycles. The van der Waals surface area contributed by atoms with Crippen molar-refractivity contribution >= 4 is 34.4 Å². The van der Waals surface area contributed by atoms with Gasteiger partial charge in [0, 0.05) is 34.3 Å². The summed E-state index contributed by atoms with van der Waals surface area (Å²) in [5.74, 6) is 0.921. The van der Waals surface area contributed by atoms with Gasteiger partial charge in [-0.25, -0.2) is 0 Å². The number of anilines is 1. The molecule has 4 nitrogen and oxygen atoms in total. The molecule has 2 aliphatic rings.